The molecule has 0 aliphatic carbocycles. The van der Waals surface area contributed by atoms with E-state index in [-0.39, 0.29) is 49.0 Å². The first kappa shape index (κ1) is 45.1. The maximum Gasteiger partial charge on any atom is 0.407 e. The van der Waals surface area contributed by atoms with Crippen LogP contribution in [0.25, 0.3) is 22.5 Å². The van der Waals surface area contributed by atoms with E-state index in [4.69, 9.17) is 18.9 Å². The number of aromatic nitrogens is 5. The zero-order valence-electron chi connectivity index (χ0n) is 35.1. The van der Waals surface area contributed by atoms with E-state index in [9.17, 15) is 13.6 Å². The Labute approximate surface area is 362 Å². The summed E-state index contributed by atoms with van der Waals surface area (Å²) in [5.41, 5.74) is 2.14. The van der Waals surface area contributed by atoms with Gasteiger partial charge in [-0.2, -0.15) is 9.10 Å². The molecule has 0 radical (unpaired) electrons. The van der Waals surface area contributed by atoms with Crippen LogP contribution in [0.15, 0.2) is 113 Å². The molecule has 0 aliphatic rings. The number of alkyl carbamates (subject to hydrolysis) is 1. The molecule has 2 heterocycles. The Hall–Kier alpha value is -6.41. The third kappa shape index (κ3) is 11.5. The first-order chi connectivity index (χ1) is 29.7. The molecule has 0 bridgehead atoms. The average molecular weight is 885 g/mol. The van der Waals surface area contributed by atoms with E-state index in [1.54, 1.807) is 107 Å². The lowest BCUT2D eigenvalue weighted by atomic mass is 10.00. The van der Waals surface area contributed by atoms with Crippen LogP contribution in [-0.4, -0.2) is 92.8 Å². The highest BCUT2D eigenvalue weighted by atomic mass is 32.2. The quantitative estimate of drug-likeness (QED) is 0.0632. The minimum atomic E-state index is -4.72. The molecular formula is C43H48N8O9S2. The van der Waals surface area contributed by atoms with Gasteiger partial charge in [-0.05, 0) is 108 Å². The molecule has 0 fully saturated rings. The van der Waals surface area contributed by atoms with E-state index in [2.05, 4.69) is 31.0 Å². The maximum atomic E-state index is 15.5. The van der Waals surface area contributed by atoms with Crippen LogP contribution in [0.3, 0.4) is 0 Å². The largest absolute Gasteiger partial charge is 0.497 e. The summed E-state index contributed by atoms with van der Waals surface area (Å²) >= 11 is -2.81. The Morgan fingerprint density at radius 2 is 1.37 bits per heavy atom. The summed E-state index contributed by atoms with van der Waals surface area (Å²) in [6.45, 7) is 5.71. The van der Waals surface area contributed by atoms with Gasteiger partial charge in [-0.15, -0.1) is 10.2 Å². The van der Waals surface area contributed by atoms with E-state index in [1.165, 1.54) is 35.6 Å². The molecule has 17 nitrogen and oxygen atoms in total. The van der Waals surface area contributed by atoms with E-state index >= 15 is 8.42 Å². The zero-order chi connectivity index (χ0) is 44.4. The zero-order valence-corrected chi connectivity index (χ0v) is 36.7. The van der Waals surface area contributed by atoms with Gasteiger partial charge in [0, 0.05) is 32.4 Å². The van der Waals surface area contributed by atoms with E-state index in [1.807, 2.05) is 12.1 Å². The first-order valence-electron chi connectivity index (χ1n) is 19.3. The fourth-order valence-corrected chi connectivity index (χ4v) is 8.97. The molecule has 0 saturated carbocycles. The van der Waals surface area contributed by atoms with Crippen molar-refractivity contribution in [1.82, 2.24) is 34.8 Å². The topological polar surface area (TPSA) is 209 Å². The summed E-state index contributed by atoms with van der Waals surface area (Å²) in [6, 6.07) is 27.4. The van der Waals surface area contributed by atoms with Crippen molar-refractivity contribution in [3.8, 4) is 39.8 Å². The molecule has 4 aromatic carbocycles. The van der Waals surface area contributed by atoms with Crippen LogP contribution in [0.5, 0.6) is 17.2 Å². The highest BCUT2D eigenvalue weighted by Crippen LogP contribution is 2.41. The minimum absolute atomic E-state index is 0.0518. The number of amides is 1. The molecule has 2 aromatic heterocycles. The van der Waals surface area contributed by atoms with E-state index in [0.29, 0.717) is 45.3 Å². The van der Waals surface area contributed by atoms with Crippen molar-refractivity contribution < 1.29 is 40.9 Å². The molecule has 62 heavy (non-hydrogen) atoms. The molecular weight excluding hydrogens is 837 g/mol. The van der Waals surface area contributed by atoms with Gasteiger partial charge in [-0.3, -0.25) is 0 Å². The van der Waals surface area contributed by atoms with E-state index in [0.717, 1.165) is 5.56 Å². The highest BCUT2D eigenvalue weighted by molar-refractivity contribution is 7.90. The number of hydrogen-bond acceptors (Lipinski definition) is 13. The van der Waals surface area contributed by atoms with Crippen molar-refractivity contribution in [3.05, 3.63) is 120 Å². The SMILES string of the molecule is COc1ccc(CN(Cc2ccc(OC)cc2)S(=O)(=O)c2c(S(=O)O)ccc(-c3ccnc(NCCNC(=O)OC(C)(C)C)c3)c2-c2nnn(Cc3ccc(OC)cc3)n2)cc1. The Bertz CT molecular complexity index is 2550. The van der Waals surface area contributed by atoms with Gasteiger partial charge in [-0.1, -0.05) is 42.5 Å². The Morgan fingerprint density at radius 1 is 0.806 bits per heavy atom. The third-order valence-electron chi connectivity index (χ3n) is 9.27. The Morgan fingerprint density at radius 3 is 1.90 bits per heavy atom. The molecule has 0 aliphatic heterocycles. The number of rotatable bonds is 18. The monoisotopic (exact) mass is 884 g/mol. The number of nitrogens with zero attached hydrogens (tertiary/aromatic N) is 6. The summed E-state index contributed by atoms with van der Waals surface area (Å²) in [7, 11) is -0.0788. The molecule has 0 spiro atoms. The summed E-state index contributed by atoms with van der Waals surface area (Å²) in [6.07, 6.45) is 0.962. The molecule has 6 aromatic rings. The van der Waals surface area contributed by atoms with Crippen LogP contribution in [0, 0.1) is 0 Å². The summed E-state index contributed by atoms with van der Waals surface area (Å²) in [4.78, 5) is 17.1. The lowest BCUT2D eigenvalue weighted by molar-refractivity contribution is 0.0530. The van der Waals surface area contributed by atoms with Crippen molar-refractivity contribution in [1.29, 1.82) is 0 Å². The van der Waals surface area contributed by atoms with Gasteiger partial charge < -0.3 is 34.1 Å². The van der Waals surface area contributed by atoms with Gasteiger partial charge in [0.2, 0.25) is 15.8 Å². The predicted octanol–water partition coefficient (Wildman–Crippen LogP) is 6.38. The summed E-state index contributed by atoms with van der Waals surface area (Å²) < 4.78 is 77.6. The molecule has 1 atom stereocenters. The normalized spacial score (nSPS) is 12.1. The number of carbonyl (C=O) groups is 1. The number of anilines is 1. The summed E-state index contributed by atoms with van der Waals surface area (Å²) in [5, 5.41) is 19.1. The van der Waals surface area contributed by atoms with Crippen LogP contribution in [0.1, 0.15) is 37.5 Å². The first-order valence-corrected chi connectivity index (χ1v) is 21.8. The number of nitrogens with one attached hydrogen (secondary N) is 2. The number of sulfonamides is 1. The molecule has 19 heteroatoms. The molecule has 326 valence electrons. The number of methoxy groups -OCH3 is 3. The lowest BCUT2D eigenvalue weighted by Crippen LogP contribution is -2.35. The number of hydrogen-bond donors (Lipinski definition) is 3. The fraction of sp³-hybridized carbons (Fsp3) is 0.279. The van der Waals surface area contributed by atoms with Crippen molar-refractivity contribution in [2.45, 2.75) is 55.8 Å². The van der Waals surface area contributed by atoms with Gasteiger partial charge in [0.1, 0.15) is 33.6 Å². The smallest absolute Gasteiger partial charge is 0.407 e. The van der Waals surface area contributed by atoms with Crippen molar-refractivity contribution in [2.24, 2.45) is 0 Å². The molecule has 1 unspecified atom stereocenters. The summed E-state index contributed by atoms with van der Waals surface area (Å²) in [5.74, 6) is 2.12. The molecule has 0 saturated heterocycles. The molecule has 1 amide bonds. The minimum Gasteiger partial charge on any atom is -0.497 e. The fourth-order valence-electron chi connectivity index (χ4n) is 6.31. The van der Waals surface area contributed by atoms with Crippen LogP contribution in [0.2, 0.25) is 0 Å². The number of benzene rings is 4. The highest BCUT2D eigenvalue weighted by Gasteiger charge is 2.36. The number of carbonyl (C=O) groups excluding carboxylic acids is 1. The van der Waals surface area contributed by atoms with Gasteiger partial charge in [-0.25, -0.2) is 22.4 Å². The van der Waals surface area contributed by atoms with E-state index < -0.39 is 37.7 Å². The van der Waals surface area contributed by atoms with Crippen LogP contribution < -0.4 is 24.8 Å². The predicted molar refractivity (Wildman–Crippen MR) is 233 cm³/mol. The van der Waals surface area contributed by atoms with Crippen molar-refractivity contribution in [3.63, 3.8) is 0 Å². The molecule has 6 rings (SSSR count). The Kier molecular flexibility index (Phi) is 14.5. The van der Waals surface area contributed by atoms with Gasteiger partial charge >= 0.3 is 6.09 Å². The van der Waals surface area contributed by atoms with Gasteiger partial charge in [0.05, 0.1) is 38.3 Å². The maximum absolute atomic E-state index is 15.5. The van der Waals surface area contributed by atoms with Crippen molar-refractivity contribution >= 4 is 33.0 Å². The number of pyridine rings is 1. The number of ether oxygens (including phenoxy) is 4. The second-order valence-corrected chi connectivity index (χ2v) is 17.6. The van der Waals surface area contributed by atoms with Crippen LogP contribution in [0.4, 0.5) is 10.6 Å². The third-order valence-corrected chi connectivity index (χ3v) is 12.0. The second-order valence-electron chi connectivity index (χ2n) is 14.8. The van der Waals surface area contributed by atoms with Crippen LogP contribution in [-0.2, 0) is 45.5 Å². The van der Waals surface area contributed by atoms with Crippen molar-refractivity contribution in [2.75, 3.05) is 39.7 Å². The second kappa shape index (κ2) is 20.0. The average Bonchev–Trinajstić information content (AvgIpc) is 3.72. The number of tetrazole rings is 1. The Balaban J connectivity index is 1.48. The van der Waals surface area contributed by atoms with Crippen LogP contribution >= 0.6 is 0 Å². The standard InChI is InChI=1S/C43H48N8O9S2/c1-43(2,3)60-42(52)46-24-23-45-38-25-32(21-22-44-38)36-19-20-37(61(53)54)40(39(36)41-47-49-51(48-41)28-31-11-17-35(59-6)18-12-31)62(55,56)50(26-29-7-13-33(57-4)14-8-29)27-30-9-15-34(58-5)16-10-30/h7-22,25H,23-24,26-28H2,1-6H3,(H,44,45)(H,46,52)(H,53,54). The van der Waals surface area contributed by atoms with Gasteiger partial charge in [0.15, 0.2) is 11.1 Å². The lowest BCUT2D eigenvalue weighted by Gasteiger charge is -2.25. The van der Waals surface area contributed by atoms with Gasteiger partial charge in [0.25, 0.3) is 0 Å². The molecule has 3 N–H and O–H groups in total.